The van der Waals surface area contributed by atoms with Crippen LogP contribution < -0.4 is 5.73 Å². The van der Waals surface area contributed by atoms with E-state index >= 15 is 0 Å². The zero-order valence-corrected chi connectivity index (χ0v) is 11.5. The normalized spacial score (nSPS) is 30.2. The second kappa shape index (κ2) is 4.97. The van der Waals surface area contributed by atoms with Crippen molar-refractivity contribution in [3.8, 4) is 0 Å². The fourth-order valence-corrected chi connectivity index (χ4v) is 3.74. The summed E-state index contributed by atoms with van der Waals surface area (Å²) in [7, 11) is 0. The van der Waals surface area contributed by atoms with Crippen LogP contribution in [0.4, 0.5) is 0 Å². The fraction of sp³-hybridized carbons (Fsp3) is 0.562. The third kappa shape index (κ3) is 2.66. The van der Waals surface area contributed by atoms with Crippen molar-refractivity contribution in [3.05, 3.63) is 35.4 Å². The predicted molar refractivity (Wildman–Crippen MR) is 75.9 cm³/mol. The number of nitrogens with zero attached hydrogens (tertiary/aromatic N) is 1. The van der Waals surface area contributed by atoms with E-state index in [1.807, 2.05) is 36.1 Å². The van der Waals surface area contributed by atoms with E-state index < -0.39 is 0 Å². The lowest BCUT2D eigenvalue weighted by Crippen LogP contribution is -2.49. The molecule has 1 aliphatic heterocycles. The van der Waals surface area contributed by atoms with Gasteiger partial charge in [0, 0.05) is 24.7 Å². The summed E-state index contributed by atoms with van der Waals surface area (Å²) in [6, 6.07) is 8.24. The molecule has 2 aliphatic rings. The fourth-order valence-electron chi connectivity index (χ4n) is 3.74. The van der Waals surface area contributed by atoms with Gasteiger partial charge in [-0.3, -0.25) is 4.79 Å². The van der Waals surface area contributed by atoms with Crippen LogP contribution in [0.25, 0.3) is 0 Å². The van der Waals surface area contributed by atoms with Crippen molar-refractivity contribution < 1.29 is 4.79 Å². The third-order valence-electron chi connectivity index (χ3n) is 4.45. The number of amides is 1. The highest BCUT2D eigenvalue weighted by Gasteiger charge is 2.35. The molecule has 2 unspecified atom stereocenters. The summed E-state index contributed by atoms with van der Waals surface area (Å²) in [5, 5.41) is 0. The topological polar surface area (TPSA) is 46.3 Å². The number of nitrogens with two attached hydrogens (primary N) is 1. The Balaban J connectivity index is 1.75. The molecule has 1 saturated heterocycles. The smallest absolute Gasteiger partial charge is 0.253 e. The van der Waals surface area contributed by atoms with Gasteiger partial charge in [-0.15, -0.1) is 0 Å². The Hall–Kier alpha value is -1.35. The summed E-state index contributed by atoms with van der Waals surface area (Å²) in [6.45, 7) is 3.80. The van der Waals surface area contributed by atoms with E-state index in [1.54, 1.807) is 0 Å². The van der Waals surface area contributed by atoms with Gasteiger partial charge in [0.2, 0.25) is 0 Å². The van der Waals surface area contributed by atoms with E-state index in [0.717, 1.165) is 37.1 Å². The molecule has 2 N–H and O–H groups in total. The van der Waals surface area contributed by atoms with Gasteiger partial charge in [0.25, 0.3) is 5.91 Å². The van der Waals surface area contributed by atoms with Crippen molar-refractivity contribution in [2.24, 2.45) is 17.6 Å². The Labute approximate surface area is 114 Å². The first-order chi connectivity index (χ1) is 9.11. The lowest BCUT2D eigenvalue weighted by atomic mass is 9.75. The molecule has 19 heavy (non-hydrogen) atoms. The largest absolute Gasteiger partial charge is 0.338 e. The summed E-state index contributed by atoms with van der Waals surface area (Å²) in [5.41, 5.74) is 8.04. The molecule has 2 bridgehead atoms. The number of carbonyl (C=O) groups is 1. The van der Waals surface area contributed by atoms with E-state index in [0.29, 0.717) is 17.9 Å². The monoisotopic (exact) mass is 258 g/mol. The molecule has 3 heteroatoms. The van der Waals surface area contributed by atoms with Crippen molar-refractivity contribution in [1.29, 1.82) is 0 Å². The Morgan fingerprint density at radius 1 is 1.21 bits per heavy atom. The van der Waals surface area contributed by atoms with Gasteiger partial charge in [0.15, 0.2) is 0 Å². The number of likely N-dealkylation sites (tertiary alicyclic amines) is 1. The van der Waals surface area contributed by atoms with Crippen LogP contribution in [0.15, 0.2) is 24.3 Å². The van der Waals surface area contributed by atoms with Gasteiger partial charge in [0.1, 0.15) is 0 Å². The SMILES string of the molecule is Cc1cccc(C(=O)N2CC3CC(N)CC(C3)C2)c1. The maximum Gasteiger partial charge on any atom is 0.253 e. The minimum Gasteiger partial charge on any atom is -0.338 e. The number of benzene rings is 1. The Kier molecular flexibility index (Phi) is 3.31. The van der Waals surface area contributed by atoms with Crippen LogP contribution in [0.2, 0.25) is 0 Å². The van der Waals surface area contributed by atoms with E-state index in [1.165, 1.54) is 6.42 Å². The summed E-state index contributed by atoms with van der Waals surface area (Å²) in [4.78, 5) is 14.6. The second-order valence-corrected chi connectivity index (χ2v) is 6.28. The number of hydrogen-bond acceptors (Lipinski definition) is 2. The molecule has 2 fully saturated rings. The lowest BCUT2D eigenvalue weighted by Gasteiger charge is -2.43. The van der Waals surface area contributed by atoms with Crippen molar-refractivity contribution in [2.45, 2.75) is 32.2 Å². The molecule has 0 radical (unpaired) electrons. The zero-order chi connectivity index (χ0) is 13.4. The highest BCUT2D eigenvalue weighted by atomic mass is 16.2. The molecule has 1 aromatic rings. The molecule has 1 amide bonds. The van der Waals surface area contributed by atoms with Gasteiger partial charge < -0.3 is 10.6 Å². The highest BCUT2D eigenvalue weighted by molar-refractivity contribution is 5.94. The molecular formula is C16H22N2O. The Morgan fingerprint density at radius 2 is 1.89 bits per heavy atom. The first kappa shape index (κ1) is 12.7. The van der Waals surface area contributed by atoms with Crippen molar-refractivity contribution in [1.82, 2.24) is 4.90 Å². The number of aryl methyl sites for hydroxylation is 1. The van der Waals surface area contributed by atoms with E-state index in [9.17, 15) is 4.79 Å². The maximum atomic E-state index is 12.6. The Morgan fingerprint density at radius 3 is 2.53 bits per heavy atom. The van der Waals surface area contributed by atoms with E-state index in [4.69, 9.17) is 5.73 Å². The van der Waals surface area contributed by atoms with Crippen LogP contribution in [0.3, 0.4) is 0 Å². The molecule has 0 spiro atoms. The number of hydrogen-bond donors (Lipinski definition) is 1. The number of carbonyl (C=O) groups excluding carboxylic acids is 1. The van der Waals surface area contributed by atoms with Crippen LogP contribution in [0.5, 0.6) is 0 Å². The molecule has 1 aromatic carbocycles. The van der Waals surface area contributed by atoms with E-state index in [2.05, 4.69) is 0 Å². The first-order valence-corrected chi connectivity index (χ1v) is 7.23. The molecule has 102 valence electrons. The molecule has 1 saturated carbocycles. The zero-order valence-electron chi connectivity index (χ0n) is 11.5. The maximum absolute atomic E-state index is 12.6. The van der Waals surface area contributed by atoms with Gasteiger partial charge >= 0.3 is 0 Å². The summed E-state index contributed by atoms with van der Waals surface area (Å²) >= 11 is 0. The van der Waals surface area contributed by atoms with Gasteiger partial charge in [-0.1, -0.05) is 17.7 Å². The lowest BCUT2D eigenvalue weighted by molar-refractivity contribution is 0.0475. The average Bonchev–Trinajstić information content (AvgIpc) is 2.36. The van der Waals surface area contributed by atoms with Gasteiger partial charge in [-0.05, 0) is 50.2 Å². The van der Waals surface area contributed by atoms with Gasteiger partial charge in [-0.2, -0.15) is 0 Å². The minimum absolute atomic E-state index is 0.189. The van der Waals surface area contributed by atoms with Crippen LogP contribution >= 0.6 is 0 Å². The molecular weight excluding hydrogens is 236 g/mol. The number of fused-ring (bicyclic) bond motifs is 2. The quantitative estimate of drug-likeness (QED) is 0.839. The Bertz CT molecular complexity index is 467. The highest BCUT2D eigenvalue weighted by Crippen LogP contribution is 2.34. The van der Waals surface area contributed by atoms with Crippen LogP contribution in [0, 0.1) is 18.8 Å². The van der Waals surface area contributed by atoms with Crippen LogP contribution in [0.1, 0.15) is 35.2 Å². The molecule has 1 heterocycles. The summed E-state index contributed by atoms with van der Waals surface area (Å²) in [6.07, 6.45) is 3.41. The van der Waals surface area contributed by atoms with Crippen molar-refractivity contribution >= 4 is 5.91 Å². The first-order valence-electron chi connectivity index (χ1n) is 7.23. The predicted octanol–water partition coefficient (Wildman–Crippen LogP) is 2.19. The van der Waals surface area contributed by atoms with Gasteiger partial charge in [-0.25, -0.2) is 0 Å². The third-order valence-corrected chi connectivity index (χ3v) is 4.45. The molecule has 3 rings (SSSR count). The van der Waals surface area contributed by atoms with Crippen molar-refractivity contribution in [3.63, 3.8) is 0 Å². The molecule has 0 aromatic heterocycles. The summed E-state index contributed by atoms with van der Waals surface area (Å²) in [5.74, 6) is 1.40. The summed E-state index contributed by atoms with van der Waals surface area (Å²) < 4.78 is 0. The molecule has 2 atom stereocenters. The van der Waals surface area contributed by atoms with Crippen LogP contribution in [-0.4, -0.2) is 29.9 Å². The number of piperidine rings is 1. The minimum atomic E-state index is 0.189. The van der Waals surface area contributed by atoms with E-state index in [-0.39, 0.29) is 5.91 Å². The molecule has 3 nitrogen and oxygen atoms in total. The second-order valence-electron chi connectivity index (χ2n) is 6.28. The standard InChI is InChI=1S/C16H22N2O/c1-11-3-2-4-14(5-11)16(19)18-9-12-6-13(10-18)8-15(17)7-12/h2-5,12-13,15H,6-10,17H2,1H3. The van der Waals surface area contributed by atoms with Crippen LogP contribution in [-0.2, 0) is 0 Å². The molecule has 1 aliphatic carbocycles. The van der Waals surface area contributed by atoms with Crippen molar-refractivity contribution in [2.75, 3.05) is 13.1 Å². The van der Waals surface area contributed by atoms with Gasteiger partial charge in [0.05, 0.1) is 0 Å². The average molecular weight is 258 g/mol. The number of rotatable bonds is 1.